The Morgan fingerprint density at radius 2 is 1.95 bits per heavy atom. The average Bonchev–Trinajstić information content (AvgIpc) is 2.69. The van der Waals surface area contributed by atoms with Gasteiger partial charge in [-0.05, 0) is 6.07 Å². The molecule has 3 rings (SSSR count). The smallest absolute Gasteiger partial charge is 0.266 e. The summed E-state index contributed by atoms with van der Waals surface area (Å²) in [6.45, 7) is 0.193. The summed E-state index contributed by atoms with van der Waals surface area (Å²) in [6, 6.07) is 11.2. The monoisotopic (exact) mass is 279 g/mol. The molecule has 0 fully saturated rings. The van der Waals surface area contributed by atoms with Crippen LogP contribution in [0.25, 0.3) is 0 Å². The summed E-state index contributed by atoms with van der Waals surface area (Å²) in [5, 5.41) is 19.3. The Labute approximate surface area is 122 Å². The highest BCUT2D eigenvalue weighted by molar-refractivity contribution is 6.08. The summed E-state index contributed by atoms with van der Waals surface area (Å²) in [6.07, 6.45) is 3.63. The van der Waals surface area contributed by atoms with Crippen molar-refractivity contribution in [1.82, 2.24) is 0 Å². The molecule has 2 aliphatic rings. The lowest BCUT2D eigenvalue weighted by molar-refractivity contribution is -0.152. The SMILES string of the molecule is CN1C(=O)[C@]2(OCC=CCC2(C#N)C#N)c2ccccc21. The van der Waals surface area contributed by atoms with Gasteiger partial charge in [0.1, 0.15) is 0 Å². The van der Waals surface area contributed by atoms with Crippen molar-refractivity contribution in [3.63, 3.8) is 0 Å². The molecule has 1 spiro atoms. The van der Waals surface area contributed by atoms with Crippen LogP contribution in [-0.2, 0) is 15.1 Å². The zero-order valence-corrected chi connectivity index (χ0v) is 11.5. The number of nitrogens with zero attached hydrogens (tertiary/aromatic N) is 3. The number of nitriles is 2. The quantitative estimate of drug-likeness (QED) is 0.679. The van der Waals surface area contributed by atoms with Crippen molar-refractivity contribution in [2.75, 3.05) is 18.6 Å². The van der Waals surface area contributed by atoms with E-state index in [1.165, 1.54) is 4.90 Å². The molecule has 1 aromatic carbocycles. The maximum absolute atomic E-state index is 12.9. The van der Waals surface area contributed by atoms with E-state index in [0.29, 0.717) is 11.3 Å². The maximum Gasteiger partial charge on any atom is 0.266 e. The van der Waals surface area contributed by atoms with Crippen LogP contribution in [0.15, 0.2) is 36.4 Å². The fourth-order valence-corrected chi connectivity index (χ4v) is 3.12. The Balaban J connectivity index is 2.35. The molecule has 104 valence electrons. The van der Waals surface area contributed by atoms with Gasteiger partial charge in [-0.25, -0.2) is 0 Å². The number of benzene rings is 1. The van der Waals surface area contributed by atoms with Crippen molar-refractivity contribution in [1.29, 1.82) is 10.5 Å². The number of fused-ring (bicyclic) bond motifs is 2. The minimum atomic E-state index is -1.57. The van der Waals surface area contributed by atoms with Crippen LogP contribution >= 0.6 is 0 Å². The lowest BCUT2D eigenvalue weighted by atomic mass is 9.68. The van der Waals surface area contributed by atoms with E-state index >= 15 is 0 Å². The molecular formula is C16H13N3O2. The Morgan fingerprint density at radius 1 is 1.24 bits per heavy atom. The molecule has 0 bridgehead atoms. The van der Waals surface area contributed by atoms with Crippen molar-refractivity contribution in [2.24, 2.45) is 5.41 Å². The number of anilines is 1. The number of hydrogen-bond acceptors (Lipinski definition) is 4. The van der Waals surface area contributed by atoms with Gasteiger partial charge in [-0.15, -0.1) is 0 Å². The first kappa shape index (κ1) is 13.4. The number of amides is 1. The summed E-state index contributed by atoms with van der Waals surface area (Å²) < 4.78 is 5.84. The van der Waals surface area contributed by atoms with Crippen LogP contribution in [0.5, 0.6) is 0 Å². The second kappa shape index (κ2) is 4.44. The van der Waals surface area contributed by atoms with Crippen LogP contribution in [-0.4, -0.2) is 19.6 Å². The topological polar surface area (TPSA) is 77.1 Å². The molecular weight excluding hydrogens is 266 g/mol. The van der Waals surface area contributed by atoms with Crippen molar-refractivity contribution >= 4 is 11.6 Å². The van der Waals surface area contributed by atoms with E-state index in [1.807, 2.05) is 18.2 Å². The molecule has 1 atom stereocenters. The molecule has 0 saturated carbocycles. The van der Waals surface area contributed by atoms with Gasteiger partial charge in [0, 0.05) is 19.0 Å². The van der Waals surface area contributed by atoms with E-state index in [1.54, 1.807) is 37.4 Å². The summed E-state index contributed by atoms with van der Waals surface area (Å²) in [5.74, 6) is -0.365. The van der Waals surface area contributed by atoms with Crippen LogP contribution in [0.1, 0.15) is 12.0 Å². The number of carbonyl (C=O) groups excluding carboxylic acids is 1. The number of rotatable bonds is 0. The van der Waals surface area contributed by atoms with Crippen LogP contribution in [0.2, 0.25) is 0 Å². The number of carbonyl (C=O) groups is 1. The average molecular weight is 279 g/mol. The van der Waals surface area contributed by atoms with Crippen LogP contribution in [0.3, 0.4) is 0 Å². The van der Waals surface area contributed by atoms with Gasteiger partial charge in [0.25, 0.3) is 5.91 Å². The van der Waals surface area contributed by atoms with Gasteiger partial charge in [-0.1, -0.05) is 30.4 Å². The molecule has 0 N–H and O–H groups in total. The van der Waals surface area contributed by atoms with Crippen molar-refractivity contribution in [2.45, 2.75) is 12.0 Å². The van der Waals surface area contributed by atoms with Crippen LogP contribution in [0.4, 0.5) is 5.69 Å². The molecule has 2 aliphatic heterocycles. The fourth-order valence-electron chi connectivity index (χ4n) is 3.12. The Bertz CT molecular complexity index is 712. The van der Waals surface area contributed by atoms with Gasteiger partial charge in [0.15, 0.2) is 5.41 Å². The van der Waals surface area contributed by atoms with E-state index in [-0.39, 0.29) is 18.9 Å². The fraction of sp³-hybridized carbons (Fsp3) is 0.312. The summed E-state index contributed by atoms with van der Waals surface area (Å²) in [7, 11) is 1.64. The predicted molar refractivity (Wildman–Crippen MR) is 74.9 cm³/mol. The molecule has 1 amide bonds. The highest BCUT2D eigenvalue weighted by atomic mass is 16.5. The number of para-hydroxylation sites is 1. The third-order valence-electron chi connectivity index (χ3n) is 4.22. The largest absolute Gasteiger partial charge is 0.354 e. The van der Waals surface area contributed by atoms with Crippen molar-refractivity contribution in [3.05, 3.63) is 42.0 Å². The minimum Gasteiger partial charge on any atom is -0.354 e. The number of hydrogen-bond donors (Lipinski definition) is 0. The first-order valence-corrected chi connectivity index (χ1v) is 6.62. The third-order valence-corrected chi connectivity index (χ3v) is 4.22. The highest BCUT2D eigenvalue weighted by Crippen LogP contribution is 2.54. The van der Waals surface area contributed by atoms with E-state index in [0.717, 1.165) is 0 Å². The second-order valence-corrected chi connectivity index (χ2v) is 5.18. The predicted octanol–water partition coefficient (Wildman–Crippen LogP) is 1.87. The first-order chi connectivity index (χ1) is 10.1. The first-order valence-electron chi connectivity index (χ1n) is 6.62. The van der Waals surface area contributed by atoms with Crippen LogP contribution < -0.4 is 4.90 Å². The van der Waals surface area contributed by atoms with Gasteiger partial charge in [-0.3, -0.25) is 4.79 Å². The molecule has 0 unspecified atom stereocenters. The van der Waals surface area contributed by atoms with Crippen molar-refractivity contribution in [3.8, 4) is 12.1 Å². The molecule has 0 saturated heterocycles. The van der Waals surface area contributed by atoms with Gasteiger partial charge >= 0.3 is 0 Å². The molecule has 21 heavy (non-hydrogen) atoms. The summed E-state index contributed by atoms with van der Waals surface area (Å²) >= 11 is 0. The number of allylic oxidation sites excluding steroid dienone is 1. The highest BCUT2D eigenvalue weighted by Gasteiger charge is 2.65. The lowest BCUT2D eigenvalue weighted by Crippen LogP contribution is -2.52. The number of ether oxygens (including phenoxy) is 1. The van der Waals surface area contributed by atoms with Gasteiger partial charge < -0.3 is 9.64 Å². The van der Waals surface area contributed by atoms with E-state index in [4.69, 9.17) is 4.74 Å². The normalized spacial score (nSPS) is 26.0. The van der Waals surface area contributed by atoms with Gasteiger partial charge in [-0.2, -0.15) is 10.5 Å². The van der Waals surface area contributed by atoms with E-state index in [9.17, 15) is 15.3 Å². The molecule has 5 nitrogen and oxygen atoms in total. The zero-order valence-electron chi connectivity index (χ0n) is 11.5. The molecule has 1 aromatic rings. The van der Waals surface area contributed by atoms with E-state index < -0.39 is 11.0 Å². The van der Waals surface area contributed by atoms with E-state index in [2.05, 4.69) is 0 Å². The van der Waals surface area contributed by atoms with Gasteiger partial charge in [0.2, 0.25) is 5.60 Å². The second-order valence-electron chi connectivity index (χ2n) is 5.18. The van der Waals surface area contributed by atoms with Crippen molar-refractivity contribution < 1.29 is 9.53 Å². The maximum atomic E-state index is 12.9. The molecule has 0 aromatic heterocycles. The lowest BCUT2D eigenvalue weighted by Gasteiger charge is -2.36. The molecule has 5 heteroatoms. The minimum absolute atomic E-state index is 0.161. The zero-order chi connectivity index (χ0) is 15.1. The van der Waals surface area contributed by atoms with Crippen LogP contribution in [0, 0.1) is 28.1 Å². The Kier molecular flexibility index (Phi) is 2.83. The summed E-state index contributed by atoms with van der Waals surface area (Å²) in [4.78, 5) is 14.4. The third kappa shape index (κ3) is 1.44. The standard InChI is InChI=1S/C16H13N3O2/c1-19-13-7-3-2-6-12(13)16(14(19)20)15(10-17,11-18)8-4-5-9-21-16/h2-7H,8-9H2,1H3/t16-/m1/s1. The number of likely N-dealkylation sites (N-methyl/N-ethyl adjacent to an activating group) is 1. The molecule has 2 heterocycles. The molecule has 0 radical (unpaired) electrons. The summed E-state index contributed by atoms with van der Waals surface area (Å²) in [5.41, 5.74) is -1.87. The molecule has 0 aliphatic carbocycles. The Morgan fingerprint density at radius 3 is 2.67 bits per heavy atom. The van der Waals surface area contributed by atoms with Gasteiger partial charge in [0.05, 0.1) is 24.4 Å². The Hall–Kier alpha value is -2.63.